The Kier molecular flexibility index (Phi) is 4.00. The molecule has 1 aliphatic rings. The molecule has 33 heavy (non-hydrogen) atoms. The molecule has 0 fully saturated rings. The molecule has 3 aromatic carbocycles. The van der Waals surface area contributed by atoms with Gasteiger partial charge in [0.2, 0.25) is 17.4 Å². The highest BCUT2D eigenvalue weighted by molar-refractivity contribution is 6.42. The standard InChI is InChI=1S/C26H15N3O4/c1-14(30)29-21(27-26-24(29)28-25(33-26)15-7-3-2-4-8-15)13-20-22(31)18-11-16-9-5-6-10-17(16)12-19(18)23(20)32/h2-13H,1H3. The van der Waals surface area contributed by atoms with E-state index in [1.54, 1.807) is 12.1 Å². The van der Waals surface area contributed by atoms with Gasteiger partial charge >= 0.3 is 0 Å². The lowest BCUT2D eigenvalue weighted by Crippen LogP contribution is -2.10. The van der Waals surface area contributed by atoms with E-state index in [0.29, 0.717) is 17.0 Å². The van der Waals surface area contributed by atoms with Crippen LogP contribution in [0.25, 0.3) is 39.7 Å². The number of carbonyl (C=O) groups excluding carboxylic acids is 3. The van der Waals surface area contributed by atoms with Gasteiger partial charge in [-0.3, -0.25) is 14.4 Å². The molecule has 0 saturated heterocycles. The first-order chi connectivity index (χ1) is 16.0. The number of fused-ring (bicyclic) bond motifs is 3. The first kappa shape index (κ1) is 19.1. The van der Waals surface area contributed by atoms with Crippen LogP contribution in [-0.2, 0) is 0 Å². The number of Topliss-reactive ketones (excluding diaryl/α,β-unsaturated/α-hetero) is 2. The smallest absolute Gasteiger partial charge is 0.267 e. The minimum Gasteiger partial charge on any atom is -0.416 e. The van der Waals surface area contributed by atoms with E-state index in [-0.39, 0.29) is 28.7 Å². The first-order valence-electron chi connectivity index (χ1n) is 10.3. The molecule has 0 radical (unpaired) electrons. The van der Waals surface area contributed by atoms with Crippen LogP contribution >= 0.6 is 0 Å². The Morgan fingerprint density at radius 1 is 0.879 bits per heavy atom. The lowest BCUT2D eigenvalue weighted by Gasteiger charge is -2.00. The number of hydrogen-bond acceptors (Lipinski definition) is 6. The van der Waals surface area contributed by atoms with Crippen LogP contribution in [0.1, 0.15) is 38.3 Å². The Morgan fingerprint density at radius 3 is 2.09 bits per heavy atom. The van der Waals surface area contributed by atoms with Gasteiger partial charge in [0.25, 0.3) is 5.71 Å². The van der Waals surface area contributed by atoms with Gasteiger partial charge in [-0.15, -0.1) is 0 Å². The van der Waals surface area contributed by atoms with E-state index in [2.05, 4.69) is 9.97 Å². The molecule has 0 aliphatic heterocycles. The Labute approximate surface area is 187 Å². The van der Waals surface area contributed by atoms with E-state index in [1.165, 1.54) is 17.6 Å². The SMILES string of the molecule is CC(=O)n1c(C=C2C(=O)c3cc4ccccc4cc3C2=O)nc2oc(-c3ccccc3)nc21. The van der Waals surface area contributed by atoms with E-state index >= 15 is 0 Å². The number of ketones is 2. The fourth-order valence-electron chi connectivity index (χ4n) is 4.17. The van der Waals surface area contributed by atoms with Crippen LogP contribution in [0.2, 0.25) is 0 Å². The van der Waals surface area contributed by atoms with Gasteiger partial charge in [0.1, 0.15) is 5.82 Å². The van der Waals surface area contributed by atoms with Crippen molar-refractivity contribution in [1.29, 1.82) is 0 Å². The van der Waals surface area contributed by atoms with Gasteiger partial charge in [-0.05, 0) is 41.1 Å². The molecule has 0 atom stereocenters. The summed E-state index contributed by atoms with van der Waals surface area (Å²) >= 11 is 0. The van der Waals surface area contributed by atoms with Gasteiger partial charge in [0.15, 0.2) is 11.6 Å². The number of imidazole rings is 1. The average Bonchev–Trinajstić information content (AvgIpc) is 3.44. The summed E-state index contributed by atoms with van der Waals surface area (Å²) in [4.78, 5) is 47.4. The molecule has 0 saturated carbocycles. The predicted molar refractivity (Wildman–Crippen MR) is 122 cm³/mol. The fraction of sp³-hybridized carbons (Fsp3) is 0.0385. The van der Waals surface area contributed by atoms with Gasteiger partial charge in [-0.25, -0.2) is 4.57 Å². The second kappa shape index (κ2) is 6.93. The normalized spacial score (nSPS) is 13.2. The van der Waals surface area contributed by atoms with Gasteiger partial charge < -0.3 is 4.42 Å². The largest absolute Gasteiger partial charge is 0.416 e. The summed E-state index contributed by atoms with van der Waals surface area (Å²) in [5.74, 6) is -0.702. The third-order valence-electron chi connectivity index (χ3n) is 5.72. The molecular weight excluding hydrogens is 418 g/mol. The zero-order valence-corrected chi connectivity index (χ0v) is 17.4. The van der Waals surface area contributed by atoms with Crippen LogP contribution in [0.3, 0.4) is 0 Å². The highest BCUT2D eigenvalue weighted by Gasteiger charge is 2.34. The Balaban J connectivity index is 1.48. The molecule has 0 unspecified atom stereocenters. The number of rotatable bonds is 2. The quantitative estimate of drug-likeness (QED) is 0.288. The molecule has 1 aliphatic carbocycles. The topological polar surface area (TPSA) is 95.1 Å². The van der Waals surface area contributed by atoms with Gasteiger partial charge in [-0.1, -0.05) is 42.5 Å². The molecule has 7 nitrogen and oxygen atoms in total. The molecular formula is C26H15N3O4. The zero-order chi connectivity index (χ0) is 22.7. The molecule has 2 aromatic heterocycles. The lowest BCUT2D eigenvalue weighted by molar-refractivity contribution is 0.0935. The molecule has 0 spiro atoms. The highest BCUT2D eigenvalue weighted by Crippen LogP contribution is 2.32. The molecule has 0 amide bonds. The van der Waals surface area contributed by atoms with Crippen molar-refractivity contribution in [2.75, 3.05) is 0 Å². The maximum Gasteiger partial charge on any atom is 0.267 e. The summed E-state index contributed by atoms with van der Waals surface area (Å²) in [7, 11) is 0. The maximum absolute atomic E-state index is 13.1. The van der Waals surface area contributed by atoms with Gasteiger partial charge in [0.05, 0.1) is 5.57 Å². The summed E-state index contributed by atoms with van der Waals surface area (Å²) < 4.78 is 7.01. The average molecular weight is 433 g/mol. The number of carbonyl (C=O) groups is 3. The third kappa shape index (κ3) is 2.86. The summed E-state index contributed by atoms with van der Waals surface area (Å²) in [5, 5.41) is 1.75. The van der Waals surface area contributed by atoms with Crippen molar-refractivity contribution in [2.24, 2.45) is 0 Å². The van der Waals surface area contributed by atoms with Crippen LogP contribution in [0, 0.1) is 0 Å². The van der Waals surface area contributed by atoms with E-state index < -0.39 is 11.6 Å². The number of benzene rings is 3. The van der Waals surface area contributed by atoms with Crippen molar-refractivity contribution in [3.8, 4) is 11.5 Å². The molecule has 2 heterocycles. The van der Waals surface area contributed by atoms with Crippen molar-refractivity contribution in [1.82, 2.24) is 14.5 Å². The van der Waals surface area contributed by atoms with Crippen molar-refractivity contribution in [3.63, 3.8) is 0 Å². The second-order valence-corrected chi connectivity index (χ2v) is 7.80. The van der Waals surface area contributed by atoms with Crippen LogP contribution in [0.4, 0.5) is 0 Å². The molecule has 158 valence electrons. The molecule has 0 bridgehead atoms. The molecule has 5 aromatic rings. The van der Waals surface area contributed by atoms with Gasteiger partial charge in [0, 0.05) is 23.6 Å². The van der Waals surface area contributed by atoms with Crippen molar-refractivity contribution < 1.29 is 18.8 Å². The zero-order valence-electron chi connectivity index (χ0n) is 17.4. The van der Waals surface area contributed by atoms with Gasteiger partial charge in [-0.2, -0.15) is 9.97 Å². The highest BCUT2D eigenvalue weighted by atomic mass is 16.4. The first-order valence-corrected chi connectivity index (χ1v) is 10.3. The van der Waals surface area contributed by atoms with E-state index in [9.17, 15) is 14.4 Å². The predicted octanol–water partition coefficient (Wildman–Crippen LogP) is 4.97. The second-order valence-electron chi connectivity index (χ2n) is 7.80. The summed E-state index contributed by atoms with van der Waals surface area (Å²) in [6.45, 7) is 1.36. The lowest BCUT2D eigenvalue weighted by atomic mass is 10.0. The van der Waals surface area contributed by atoms with Crippen LogP contribution in [0.15, 0.2) is 76.7 Å². The van der Waals surface area contributed by atoms with Crippen molar-refractivity contribution >= 4 is 45.7 Å². The molecule has 0 N–H and O–H groups in total. The minimum absolute atomic E-state index is 0.0428. The monoisotopic (exact) mass is 433 g/mol. The van der Waals surface area contributed by atoms with E-state index in [0.717, 1.165) is 16.3 Å². The summed E-state index contributed by atoms with van der Waals surface area (Å²) in [6, 6.07) is 20.2. The van der Waals surface area contributed by atoms with Crippen LogP contribution < -0.4 is 0 Å². The minimum atomic E-state index is -0.395. The summed E-state index contributed by atoms with van der Waals surface area (Å²) in [5.41, 5.74) is 1.78. The third-order valence-corrected chi connectivity index (χ3v) is 5.72. The molecule has 6 rings (SSSR count). The number of aromatic nitrogens is 3. The van der Waals surface area contributed by atoms with E-state index in [4.69, 9.17) is 4.42 Å². The van der Waals surface area contributed by atoms with Crippen molar-refractivity contribution in [3.05, 3.63) is 89.3 Å². The summed E-state index contributed by atoms with van der Waals surface area (Å²) in [6.07, 6.45) is 1.34. The number of oxazole rings is 1. The van der Waals surface area contributed by atoms with Crippen LogP contribution in [0.5, 0.6) is 0 Å². The number of hydrogen-bond donors (Lipinski definition) is 0. The molecule has 7 heteroatoms. The van der Waals surface area contributed by atoms with Crippen LogP contribution in [-0.4, -0.2) is 32.0 Å². The Bertz CT molecular complexity index is 1620. The van der Waals surface area contributed by atoms with Crippen molar-refractivity contribution in [2.45, 2.75) is 6.92 Å². The maximum atomic E-state index is 13.1. The Morgan fingerprint density at radius 2 is 1.48 bits per heavy atom. The Hall–Kier alpha value is -4.65. The number of nitrogens with zero attached hydrogens (tertiary/aromatic N) is 3. The number of allylic oxidation sites excluding steroid dienone is 1. The fourth-order valence-corrected chi connectivity index (χ4v) is 4.17. The van der Waals surface area contributed by atoms with E-state index in [1.807, 2.05) is 54.6 Å².